The van der Waals surface area contributed by atoms with Crippen LogP contribution in [0.3, 0.4) is 0 Å². The van der Waals surface area contributed by atoms with Crippen LogP contribution in [0.15, 0.2) is 18.2 Å². The predicted molar refractivity (Wildman–Crippen MR) is 63.8 cm³/mol. The van der Waals surface area contributed by atoms with Crippen LogP contribution < -0.4 is 15.2 Å². The molecule has 1 saturated carbocycles. The summed E-state index contributed by atoms with van der Waals surface area (Å²) in [6, 6.07) is 5.94. The van der Waals surface area contributed by atoms with Gasteiger partial charge >= 0.3 is 0 Å². The molecule has 2 N–H and O–H groups in total. The molecule has 0 unspecified atom stereocenters. The maximum absolute atomic E-state index is 6.25. The van der Waals surface area contributed by atoms with Gasteiger partial charge in [-0.15, -0.1) is 0 Å². The lowest BCUT2D eigenvalue weighted by atomic mass is 9.77. The minimum absolute atomic E-state index is 0.0922. The molecule has 0 aromatic heterocycles. The van der Waals surface area contributed by atoms with Crippen LogP contribution in [0.5, 0.6) is 11.5 Å². The fourth-order valence-corrected chi connectivity index (χ4v) is 2.15. The summed E-state index contributed by atoms with van der Waals surface area (Å²) >= 11 is 0. The van der Waals surface area contributed by atoms with E-state index in [1.165, 1.54) is 19.3 Å². The third kappa shape index (κ3) is 2.00. The molecule has 3 heteroatoms. The van der Waals surface area contributed by atoms with Gasteiger partial charge in [-0.1, -0.05) is 12.5 Å². The first-order chi connectivity index (χ1) is 7.76. The largest absolute Gasteiger partial charge is 0.497 e. The molecule has 1 aromatic rings. The van der Waals surface area contributed by atoms with Crippen LogP contribution in [-0.4, -0.2) is 14.2 Å². The fourth-order valence-electron chi connectivity index (χ4n) is 2.15. The zero-order chi connectivity index (χ0) is 11.5. The van der Waals surface area contributed by atoms with Crippen molar-refractivity contribution in [1.29, 1.82) is 0 Å². The van der Waals surface area contributed by atoms with Gasteiger partial charge in [0.1, 0.15) is 11.5 Å². The van der Waals surface area contributed by atoms with E-state index in [1.807, 2.05) is 18.2 Å². The Labute approximate surface area is 96.5 Å². The number of hydrogen-bond acceptors (Lipinski definition) is 3. The minimum atomic E-state index is 0.0922. The zero-order valence-corrected chi connectivity index (χ0v) is 9.90. The Morgan fingerprint density at radius 3 is 2.50 bits per heavy atom. The Morgan fingerprint density at radius 1 is 1.25 bits per heavy atom. The van der Waals surface area contributed by atoms with Crippen LogP contribution in [-0.2, 0) is 0 Å². The smallest absolute Gasteiger partial charge is 0.127 e. The first-order valence-corrected chi connectivity index (χ1v) is 5.73. The van der Waals surface area contributed by atoms with Crippen LogP contribution >= 0.6 is 0 Å². The van der Waals surface area contributed by atoms with Gasteiger partial charge in [0.2, 0.25) is 0 Å². The molecular weight excluding hydrogens is 202 g/mol. The normalized spacial score (nSPS) is 17.7. The number of ether oxygens (including phenoxy) is 2. The van der Waals surface area contributed by atoms with Gasteiger partial charge in [0.25, 0.3) is 0 Å². The van der Waals surface area contributed by atoms with Crippen molar-refractivity contribution in [3.63, 3.8) is 0 Å². The van der Waals surface area contributed by atoms with Gasteiger partial charge < -0.3 is 15.2 Å². The maximum atomic E-state index is 6.25. The van der Waals surface area contributed by atoms with E-state index in [2.05, 4.69) is 0 Å². The highest BCUT2D eigenvalue weighted by Gasteiger charge is 2.27. The summed E-state index contributed by atoms with van der Waals surface area (Å²) in [7, 11) is 3.33. The summed E-state index contributed by atoms with van der Waals surface area (Å²) < 4.78 is 10.5. The molecule has 0 bridgehead atoms. The Bertz CT molecular complexity index is 361. The van der Waals surface area contributed by atoms with Gasteiger partial charge in [0.05, 0.1) is 14.2 Å². The minimum Gasteiger partial charge on any atom is -0.497 e. The molecular formula is C13H19NO2. The second-order valence-corrected chi connectivity index (χ2v) is 4.32. The number of rotatable bonds is 4. The Balaban J connectivity index is 2.24. The quantitative estimate of drug-likeness (QED) is 0.849. The van der Waals surface area contributed by atoms with Crippen molar-refractivity contribution in [1.82, 2.24) is 0 Å². The van der Waals surface area contributed by atoms with Crippen LogP contribution in [0.2, 0.25) is 0 Å². The van der Waals surface area contributed by atoms with Crippen molar-refractivity contribution in [2.75, 3.05) is 14.2 Å². The first-order valence-electron chi connectivity index (χ1n) is 5.73. The van der Waals surface area contributed by atoms with E-state index in [0.717, 1.165) is 17.1 Å². The van der Waals surface area contributed by atoms with Crippen molar-refractivity contribution in [2.45, 2.75) is 25.3 Å². The van der Waals surface area contributed by atoms with Crippen LogP contribution in [0.4, 0.5) is 0 Å². The van der Waals surface area contributed by atoms with Crippen molar-refractivity contribution < 1.29 is 9.47 Å². The molecule has 0 heterocycles. The molecule has 0 aliphatic heterocycles. The van der Waals surface area contributed by atoms with E-state index in [9.17, 15) is 0 Å². The first kappa shape index (κ1) is 11.3. The second-order valence-electron chi connectivity index (χ2n) is 4.32. The van der Waals surface area contributed by atoms with Crippen molar-refractivity contribution in [3.05, 3.63) is 23.8 Å². The maximum Gasteiger partial charge on any atom is 0.127 e. The third-order valence-corrected chi connectivity index (χ3v) is 3.46. The zero-order valence-electron chi connectivity index (χ0n) is 9.90. The molecule has 2 rings (SSSR count). The van der Waals surface area contributed by atoms with E-state index < -0.39 is 0 Å². The Kier molecular flexibility index (Phi) is 3.34. The van der Waals surface area contributed by atoms with Gasteiger partial charge in [0, 0.05) is 17.7 Å². The summed E-state index contributed by atoms with van der Waals surface area (Å²) in [6.07, 6.45) is 3.77. The Morgan fingerprint density at radius 2 is 2.00 bits per heavy atom. The fraction of sp³-hybridized carbons (Fsp3) is 0.538. The van der Waals surface area contributed by atoms with Gasteiger partial charge in [-0.25, -0.2) is 0 Å². The summed E-state index contributed by atoms with van der Waals surface area (Å²) in [5, 5.41) is 0. The predicted octanol–water partition coefficient (Wildman–Crippen LogP) is 2.50. The lowest BCUT2D eigenvalue weighted by Crippen LogP contribution is -2.27. The molecule has 1 fully saturated rings. The van der Waals surface area contributed by atoms with Crippen LogP contribution in [0.1, 0.15) is 30.9 Å². The van der Waals surface area contributed by atoms with Gasteiger partial charge in [-0.2, -0.15) is 0 Å². The van der Waals surface area contributed by atoms with E-state index in [-0.39, 0.29) is 6.04 Å². The summed E-state index contributed by atoms with van der Waals surface area (Å²) in [4.78, 5) is 0. The number of nitrogens with two attached hydrogens (primary N) is 1. The van der Waals surface area contributed by atoms with E-state index >= 15 is 0 Å². The highest BCUT2D eigenvalue weighted by molar-refractivity contribution is 5.42. The number of hydrogen-bond donors (Lipinski definition) is 1. The molecule has 0 spiro atoms. The summed E-state index contributed by atoms with van der Waals surface area (Å²) in [6.45, 7) is 0. The molecule has 1 atom stereocenters. The lowest BCUT2D eigenvalue weighted by Gasteiger charge is -2.32. The highest BCUT2D eigenvalue weighted by Crippen LogP contribution is 2.40. The SMILES string of the molecule is COc1ccc([C@@H](N)C2CCC2)c(OC)c1. The number of methoxy groups -OCH3 is 2. The van der Waals surface area contributed by atoms with Crippen molar-refractivity contribution in [3.8, 4) is 11.5 Å². The monoisotopic (exact) mass is 221 g/mol. The van der Waals surface area contributed by atoms with Gasteiger partial charge in [-0.05, 0) is 24.8 Å². The molecule has 1 aliphatic carbocycles. The van der Waals surface area contributed by atoms with Gasteiger partial charge in [0.15, 0.2) is 0 Å². The van der Waals surface area contributed by atoms with E-state index in [1.54, 1.807) is 14.2 Å². The average Bonchev–Trinajstić information content (AvgIpc) is 2.25. The molecule has 0 radical (unpaired) electrons. The number of benzene rings is 1. The molecule has 3 nitrogen and oxygen atoms in total. The molecule has 88 valence electrons. The summed E-state index contributed by atoms with van der Waals surface area (Å²) in [5.74, 6) is 2.25. The molecule has 0 amide bonds. The average molecular weight is 221 g/mol. The molecule has 16 heavy (non-hydrogen) atoms. The van der Waals surface area contributed by atoms with Gasteiger partial charge in [-0.3, -0.25) is 0 Å². The second kappa shape index (κ2) is 4.74. The molecule has 1 aliphatic rings. The van der Waals surface area contributed by atoms with Crippen LogP contribution in [0, 0.1) is 5.92 Å². The lowest BCUT2D eigenvalue weighted by molar-refractivity contribution is 0.259. The van der Waals surface area contributed by atoms with Crippen LogP contribution in [0.25, 0.3) is 0 Å². The van der Waals surface area contributed by atoms with Crippen molar-refractivity contribution >= 4 is 0 Å². The summed E-state index contributed by atoms with van der Waals surface area (Å²) in [5.41, 5.74) is 7.34. The standard InChI is InChI=1S/C13H19NO2/c1-15-10-6-7-11(12(8-10)16-2)13(14)9-4-3-5-9/h6-9,13H,3-5,14H2,1-2H3/t13-/m0/s1. The van der Waals surface area contributed by atoms with E-state index in [0.29, 0.717) is 5.92 Å². The van der Waals surface area contributed by atoms with E-state index in [4.69, 9.17) is 15.2 Å². The topological polar surface area (TPSA) is 44.5 Å². The van der Waals surface area contributed by atoms with Crippen molar-refractivity contribution in [2.24, 2.45) is 11.7 Å². The molecule has 0 saturated heterocycles. The highest BCUT2D eigenvalue weighted by atomic mass is 16.5. The molecule has 1 aromatic carbocycles. The third-order valence-electron chi connectivity index (χ3n) is 3.46. The Hall–Kier alpha value is -1.22.